The van der Waals surface area contributed by atoms with E-state index in [-0.39, 0.29) is 25.1 Å². The quantitative estimate of drug-likeness (QED) is 0.476. The van der Waals surface area contributed by atoms with E-state index in [0.29, 0.717) is 6.41 Å². The van der Waals surface area contributed by atoms with E-state index in [9.17, 15) is 14.4 Å². The van der Waals surface area contributed by atoms with E-state index in [1.54, 1.807) is 28.2 Å². The molecule has 0 saturated heterocycles. The van der Waals surface area contributed by atoms with Gasteiger partial charge in [-0.05, 0) is 0 Å². The van der Waals surface area contributed by atoms with E-state index in [1.807, 2.05) is 0 Å². The van der Waals surface area contributed by atoms with Crippen LogP contribution < -0.4 is 21.3 Å². The van der Waals surface area contributed by atoms with Crippen LogP contribution in [-0.2, 0) is 19.2 Å². The minimum atomic E-state index is 0. The Bertz CT molecular complexity index is 212. The molecule has 0 saturated carbocycles. The van der Waals surface area contributed by atoms with E-state index < -0.39 is 0 Å². The topological polar surface area (TPSA) is 116 Å². The summed E-state index contributed by atoms with van der Waals surface area (Å²) in [5.41, 5.74) is 0. The van der Waals surface area contributed by atoms with Crippen LogP contribution in [0.25, 0.3) is 0 Å². The second-order valence-electron chi connectivity index (χ2n) is 2.83. The van der Waals surface area contributed by atoms with Crippen LogP contribution >= 0.6 is 0 Å². The van der Waals surface area contributed by atoms with Gasteiger partial charge in [0.15, 0.2) is 0 Å². The molecule has 0 rings (SSSR count). The predicted molar refractivity (Wildman–Crippen MR) is 81.1 cm³/mol. The Labute approximate surface area is 122 Å². The molecule has 4 amide bonds. The fourth-order valence-corrected chi connectivity index (χ4v) is 0. The Hall–Kier alpha value is -2.12. The summed E-state index contributed by atoms with van der Waals surface area (Å²) < 4.78 is 0. The average molecular weight is 294 g/mol. The summed E-state index contributed by atoms with van der Waals surface area (Å²) in [7, 11) is 6.36. The van der Waals surface area contributed by atoms with Gasteiger partial charge in [0.05, 0.1) is 0 Å². The van der Waals surface area contributed by atoms with E-state index in [4.69, 9.17) is 4.79 Å². The van der Waals surface area contributed by atoms with Crippen LogP contribution in [0.1, 0.15) is 28.2 Å². The van der Waals surface area contributed by atoms with Crippen LogP contribution in [-0.4, -0.2) is 52.3 Å². The van der Waals surface area contributed by atoms with Crippen molar-refractivity contribution in [1.82, 2.24) is 21.3 Å². The molecule has 0 atom stereocenters. The maximum atomic E-state index is 9.70. The molecule has 0 aliphatic carbocycles. The minimum Gasteiger partial charge on any atom is -0.362 e. The highest BCUT2D eigenvalue weighted by atomic mass is 16.2. The van der Waals surface area contributed by atoms with Crippen molar-refractivity contribution in [2.45, 2.75) is 28.2 Å². The molecule has 0 aliphatic rings. The number of amides is 4. The first-order valence-corrected chi connectivity index (χ1v) is 5.39. The fraction of sp³-hybridized carbons (Fsp3) is 0.667. The Morgan fingerprint density at radius 3 is 0.800 bits per heavy atom. The van der Waals surface area contributed by atoms with E-state index in [1.165, 1.54) is 20.8 Å². The van der Waals surface area contributed by atoms with Crippen molar-refractivity contribution in [2.75, 3.05) is 28.2 Å². The third-order valence-electron chi connectivity index (χ3n) is 1.17. The summed E-state index contributed by atoms with van der Waals surface area (Å²) in [6, 6.07) is 0. The molecule has 4 N–H and O–H groups in total. The summed E-state index contributed by atoms with van der Waals surface area (Å²) >= 11 is 0. The molecule has 0 aliphatic heterocycles. The van der Waals surface area contributed by atoms with Crippen molar-refractivity contribution in [3.8, 4) is 0 Å². The lowest BCUT2D eigenvalue weighted by Crippen LogP contribution is -2.11. The van der Waals surface area contributed by atoms with Crippen LogP contribution in [0, 0.1) is 0 Å². The lowest BCUT2D eigenvalue weighted by molar-refractivity contribution is -0.119. The third kappa shape index (κ3) is 148. The number of carbonyl (C=O) groups is 4. The molecule has 0 radical (unpaired) electrons. The fourth-order valence-electron chi connectivity index (χ4n) is 0. The van der Waals surface area contributed by atoms with Crippen molar-refractivity contribution >= 4 is 24.1 Å². The first-order valence-electron chi connectivity index (χ1n) is 5.39. The number of carbonyl (C=O) groups excluding carboxylic acids is 4. The van der Waals surface area contributed by atoms with Gasteiger partial charge in [0.25, 0.3) is 0 Å². The van der Waals surface area contributed by atoms with Gasteiger partial charge in [-0.2, -0.15) is 0 Å². The molecular weight excluding hydrogens is 264 g/mol. The molecule has 122 valence electrons. The molecule has 20 heavy (non-hydrogen) atoms. The third-order valence-corrected chi connectivity index (χ3v) is 1.17. The lowest BCUT2D eigenvalue weighted by Gasteiger charge is -1.80. The van der Waals surface area contributed by atoms with Gasteiger partial charge in [-0.3, -0.25) is 19.2 Å². The molecule has 0 fully saturated rings. The lowest BCUT2D eigenvalue weighted by atomic mass is 10.7. The molecule has 8 nitrogen and oxygen atoms in total. The van der Waals surface area contributed by atoms with Gasteiger partial charge in [0, 0.05) is 49.0 Å². The zero-order valence-electron chi connectivity index (χ0n) is 12.7. The Morgan fingerprint density at radius 2 is 0.800 bits per heavy atom. The monoisotopic (exact) mass is 294 g/mol. The average Bonchev–Trinajstić information content (AvgIpc) is 2.40. The number of hydrogen-bond acceptors (Lipinski definition) is 4. The SMILES string of the molecule is C.CNC(C)=O.CNC(C)=O.CNC(C)=O.CNC=O. The predicted octanol–water partition coefficient (Wildman–Crippen LogP) is -0.745. The standard InChI is InChI=1S/3C3H7NO.C2H5NO.CH4/c3*1-3(5)4-2;1-3-2-4;/h3*1-2H3,(H,4,5);2H,1H3,(H,3,4);1H4. The Morgan fingerprint density at radius 1 is 0.700 bits per heavy atom. The van der Waals surface area contributed by atoms with E-state index >= 15 is 0 Å². The highest BCUT2D eigenvalue weighted by Crippen LogP contribution is 1.46. The van der Waals surface area contributed by atoms with Gasteiger partial charge in [-0.1, -0.05) is 7.43 Å². The van der Waals surface area contributed by atoms with Crippen molar-refractivity contribution < 1.29 is 19.2 Å². The summed E-state index contributed by atoms with van der Waals surface area (Å²) in [6.07, 6.45) is 0.625. The molecular formula is C12H30N4O4. The molecule has 8 heteroatoms. The highest BCUT2D eigenvalue weighted by molar-refractivity contribution is 5.72. The van der Waals surface area contributed by atoms with Gasteiger partial charge in [0.1, 0.15) is 0 Å². The molecule has 0 aromatic rings. The molecule has 0 heterocycles. The van der Waals surface area contributed by atoms with E-state index in [2.05, 4.69) is 21.3 Å². The van der Waals surface area contributed by atoms with Crippen LogP contribution in [0.2, 0.25) is 0 Å². The second-order valence-corrected chi connectivity index (χ2v) is 2.83. The summed E-state index contributed by atoms with van der Waals surface area (Å²) in [6.45, 7) is 4.42. The minimum absolute atomic E-state index is 0. The van der Waals surface area contributed by atoms with Crippen LogP contribution in [0.4, 0.5) is 0 Å². The molecule has 0 spiro atoms. The second kappa shape index (κ2) is 30.2. The molecule has 0 bridgehead atoms. The van der Waals surface area contributed by atoms with Crippen molar-refractivity contribution in [1.29, 1.82) is 0 Å². The summed E-state index contributed by atoms with van der Waals surface area (Å²) in [5, 5.41) is 9.42. The van der Waals surface area contributed by atoms with Gasteiger partial charge in [-0.25, -0.2) is 0 Å². The zero-order chi connectivity index (χ0) is 16.3. The number of hydrogen-bond donors (Lipinski definition) is 4. The van der Waals surface area contributed by atoms with Crippen molar-refractivity contribution in [3.05, 3.63) is 0 Å². The van der Waals surface area contributed by atoms with Crippen LogP contribution in [0.3, 0.4) is 0 Å². The van der Waals surface area contributed by atoms with Gasteiger partial charge < -0.3 is 21.3 Å². The first kappa shape index (κ1) is 30.7. The van der Waals surface area contributed by atoms with Gasteiger partial charge in [0.2, 0.25) is 24.1 Å². The largest absolute Gasteiger partial charge is 0.362 e. The smallest absolute Gasteiger partial charge is 0.216 e. The normalized spacial score (nSPS) is 6.15. The highest BCUT2D eigenvalue weighted by Gasteiger charge is 1.73. The van der Waals surface area contributed by atoms with Gasteiger partial charge >= 0.3 is 0 Å². The Kier molecular flexibility index (Phi) is 46.3. The maximum Gasteiger partial charge on any atom is 0.216 e. The van der Waals surface area contributed by atoms with Crippen molar-refractivity contribution in [2.24, 2.45) is 0 Å². The number of rotatable bonds is 1. The molecule has 0 unspecified atom stereocenters. The first-order chi connectivity index (χ1) is 8.72. The van der Waals surface area contributed by atoms with Gasteiger partial charge in [-0.15, -0.1) is 0 Å². The van der Waals surface area contributed by atoms with Crippen molar-refractivity contribution in [3.63, 3.8) is 0 Å². The summed E-state index contributed by atoms with van der Waals surface area (Å²) in [4.78, 5) is 38.2. The van der Waals surface area contributed by atoms with Crippen LogP contribution in [0.5, 0.6) is 0 Å². The maximum absolute atomic E-state index is 9.70. The zero-order valence-corrected chi connectivity index (χ0v) is 12.7. The number of nitrogens with one attached hydrogen (secondary N) is 4. The Balaban J connectivity index is -0.0000000494. The van der Waals surface area contributed by atoms with Crippen LogP contribution in [0.15, 0.2) is 0 Å². The molecule has 0 aromatic heterocycles. The van der Waals surface area contributed by atoms with E-state index in [0.717, 1.165) is 0 Å². The summed E-state index contributed by atoms with van der Waals surface area (Å²) in [5.74, 6) is 0.0139. The molecule has 0 aromatic carbocycles.